The average Bonchev–Trinajstić information content (AvgIpc) is 3.27. The van der Waals surface area contributed by atoms with Crippen molar-refractivity contribution in [2.45, 2.75) is 25.9 Å². The van der Waals surface area contributed by atoms with E-state index >= 15 is 0 Å². The van der Waals surface area contributed by atoms with Crippen LogP contribution in [0.1, 0.15) is 23.5 Å². The van der Waals surface area contributed by atoms with E-state index in [2.05, 4.69) is 48.1 Å². The first-order valence-electron chi connectivity index (χ1n) is 8.76. The van der Waals surface area contributed by atoms with Crippen LogP contribution in [-0.2, 0) is 20.1 Å². The molecule has 144 valence electrons. The topological polar surface area (TPSA) is 70.4 Å². The fourth-order valence-electron chi connectivity index (χ4n) is 3.19. The third-order valence-electron chi connectivity index (χ3n) is 4.56. The molecule has 2 aromatic heterocycles. The predicted molar refractivity (Wildman–Crippen MR) is 117 cm³/mol. The highest BCUT2D eigenvalue weighted by Crippen LogP contribution is 2.19. The van der Waals surface area contributed by atoms with Gasteiger partial charge in [-0.1, -0.05) is 6.07 Å². The molecule has 1 aliphatic rings. The van der Waals surface area contributed by atoms with Crippen LogP contribution >= 0.6 is 35.3 Å². The van der Waals surface area contributed by atoms with Gasteiger partial charge in [-0.05, 0) is 36.8 Å². The zero-order chi connectivity index (χ0) is 17.5. The van der Waals surface area contributed by atoms with Crippen LogP contribution in [0.2, 0.25) is 0 Å². The standard InChI is InChI=1S/C17H27N7S.HI/c1-18-17(20-10-16-21-13-22-23(16)2)19-9-14-5-3-7-24(11-14)12-15-6-4-8-25-15;/h4,6,8,13-14H,3,5,7,9-12H2,1-2H3,(H2,18,19,20);1H. The molecule has 1 aliphatic heterocycles. The highest BCUT2D eigenvalue weighted by Gasteiger charge is 2.20. The minimum Gasteiger partial charge on any atom is -0.356 e. The summed E-state index contributed by atoms with van der Waals surface area (Å²) < 4.78 is 1.77. The van der Waals surface area contributed by atoms with Crippen LogP contribution in [0.25, 0.3) is 0 Å². The molecule has 0 saturated carbocycles. The lowest BCUT2D eigenvalue weighted by Gasteiger charge is -2.32. The number of aliphatic imine (C=N–C) groups is 1. The Labute approximate surface area is 176 Å². The fraction of sp³-hybridized carbons (Fsp3) is 0.588. The molecule has 2 N–H and O–H groups in total. The van der Waals surface area contributed by atoms with E-state index in [1.807, 2.05) is 18.4 Å². The Bertz CT molecular complexity index is 670. The smallest absolute Gasteiger partial charge is 0.191 e. The number of likely N-dealkylation sites (tertiary alicyclic amines) is 1. The van der Waals surface area contributed by atoms with Gasteiger partial charge in [0.2, 0.25) is 0 Å². The summed E-state index contributed by atoms with van der Waals surface area (Å²) in [6, 6.07) is 4.36. The van der Waals surface area contributed by atoms with Crippen LogP contribution in [0.15, 0.2) is 28.8 Å². The monoisotopic (exact) mass is 489 g/mol. The second-order valence-corrected chi connectivity index (χ2v) is 7.46. The number of rotatable bonds is 6. The SMILES string of the molecule is CN=C(NCc1ncnn1C)NCC1CCCN(Cc2cccs2)C1.I. The summed E-state index contributed by atoms with van der Waals surface area (Å²) >= 11 is 1.85. The van der Waals surface area contributed by atoms with Gasteiger partial charge in [-0.3, -0.25) is 14.6 Å². The zero-order valence-electron chi connectivity index (χ0n) is 15.4. The van der Waals surface area contributed by atoms with Crippen LogP contribution < -0.4 is 10.6 Å². The number of aryl methyl sites for hydroxylation is 1. The summed E-state index contributed by atoms with van der Waals surface area (Å²) in [5.74, 6) is 2.36. The minimum atomic E-state index is 0. The van der Waals surface area contributed by atoms with Gasteiger partial charge in [-0.25, -0.2) is 4.98 Å². The van der Waals surface area contributed by atoms with Crippen molar-refractivity contribution in [3.8, 4) is 0 Å². The summed E-state index contributed by atoms with van der Waals surface area (Å²) in [7, 11) is 3.69. The molecular formula is C17H28IN7S. The molecule has 0 spiro atoms. The minimum absolute atomic E-state index is 0. The highest BCUT2D eigenvalue weighted by atomic mass is 127. The van der Waals surface area contributed by atoms with Crippen molar-refractivity contribution in [1.82, 2.24) is 30.3 Å². The number of halogens is 1. The molecule has 1 fully saturated rings. The number of nitrogens with zero attached hydrogens (tertiary/aromatic N) is 5. The Morgan fingerprint density at radius 3 is 3.00 bits per heavy atom. The molecule has 0 amide bonds. The molecule has 3 heterocycles. The Hall–Kier alpha value is -1.20. The molecule has 7 nitrogen and oxygen atoms in total. The summed E-state index contributed by atoms with van der Waals surface area (Å²) in [6.45, 7) is 4.98. The first-order valence-corrected chi connectivity index (χ1v) is 9.64. The Kier molecular flexibility index (Phi) is 8.79. The molecule has 1 atom stereocenters. The third-order valence-corrected chi connectivity index (χ3v) is 5.42. The average molecular weight is 489 g/mol. The van der Waals surface area contributed by atoms with E-state index in [1.165, 1.54) is 24.3 Å². The summed E-state index contributed by atoms with van der Waals surface area (Å²) in [5, 5.41) is 13.0. The molecule has 0 aromatic carbocycles. The molecule has 0 aliphatic carbocycles. The lowest BCUT2D eigenvalue weighted by Crippen LogP contribution is -2.44. The molecule has 0 bridgehead atoms. The van der Waals surface area contributed by atoms with E-state index in [-0.39, 0.29) is 24.0 Å². The number of aromatic nitrogens is 3. The molecular weight excluding hydrogens is 461 g/mol. The zero-order valence-corrected chi connectivity index (χ0v) is 18.5. The van der Waals surface area contributed by atoms with E-state index < -0.39 is 0 Å². The summed E-state index contributed by atoms with van der Waals surface area (Å²) in [6.07, 6.45) is 4.11. The van der Waals surface area contributed by atoms with Gasteiger partial charge in [0, 0.05) is 38.6 Å². The molecule has 26 heavy (non-hydrogen) atoms. The first-order chi connectivity index (χ1) is 12.2. The highest BCUT2D eigenvalue weighted by molar-refractivity contribution is 14.0. The van der Waals surface area contributed by atoms with Crippen LogP contribution in [0, 0.1) is 5.92 Å². The van der Waals surface area contributed by atoms with E-state index in [1.54, 1.807) is 18.1 Å². The Morgan fingerprint density at radius 2 is 2.31 bits per heavy atom. The second kappa shape index (κ2) is 10.8. The molecule has 1 unspecified atom stereocenters. The Balaban J connectivity index is 0.00000243. The van der Waals surface area contributed by atoms with Crippen molar-refractivity contribution >= 4 is 41.3 Å². The van der Waals surface area contributed by atoms with Crippen molar-refractivity contribution in [2.75, 3.05) is 26.7 Å². The van der Waals surface area contributed by atoms with Crippen molar-refractivity contribution in [3.05, 3.63) is 34.5 Å². The number of thiophene rings is 1. The fourth-order valence-corrected chi connectivity index (χ4v) is 3.94. The molecule has 1 saturated heterocycles. The number of guanidine groups is 1. The molecule has 0 radical (unpaired) electrons. The van der Waals surface area contributed by atoms with Gasteiger partial charge in [-0.15, -0.1) is 35.3 Å². The lowest BCUT2D eigenvalue weighted by atomic mass is 9.98. The van der Waals surface area contributed by atoms with Crippen molar-refractivity contribution in [2.24, 2.45) is 18.0 Å². The van der Waals surface area contributed by atoms with Gasteiger partial charge in [0.25, 0.3) is 0 Å². The van der Waals surface area contributed by atoms with Crippen molar-refractivity contribution in [1.29, 1.82) is 0 Å². The van der Waals surface area contributed by atoms with E-state index in [0.717, 1.165) is 31.4 Å². The largest absolute Gasteiger partial charge is 0.356 e. The van der Waals surface area contributed by atoms with Gasteiger partial charge in [-0.2, -0.15) is 5.10 Å². The second-order valence-electron chi connectivity index (χ2n) is 6.43. The van der Waals surface area contributed by atoms with E-state index in [9.17, 15) is 0 Å². The van der Waals surface area contributed by atoms with Crippen LogP contribution in [0.3, 0.4) is 0 Å². The van der Waals surface area contributed by atoms with Gasteiger partial charge in [0.15, 0.2) is 5.96 Å². The quantitative estimate of drug-likeness (QED) is 0.370. The summed E-state index contributed by atoms with van der Waals surface area (Å²) in [4.78, 5) is 12.5. The van der Waals surface area contributed by atoms with Gasteiger partial charge < -0.3 is 10.6 Å². The van der Waals surface area contributed by atoms with E-state index in [4.69, 9.17) is 0 Å². The maximum Gasteiger partial charge on any atom is 0.191 e. The Morgan fingerprint density at radius 1 is 1.42 bits per heavy atom. The van der Waals surface area contributed by atoms with Crippen LogP contribution in [0.5, 0.6) is 0 Å². The number of hydrogen-bond acceptors (Lipinski definition) is 5. The van der Waals surface area contributed by atoms with Crippen LogP contribution in [0.4, 0.5) is 0 Å². The van der Waals surface area contributed by atoms with E-state index in [0.29, 0.717) is 12.5 Å². The van der Waals surface area contributed by atoms with Gasteiger partial charge >= 0.3 is 0 Å². The number of hydrogen-bond donors (Lipinski definition) is 2. The van der Waals surface area contributed by atoms with Crippen LogP contribution in [-0.4, -0.2) is 52.3 Å². The molecule has 3 rings (SSSR count). The molecule has 2 aromatic rings. The number of nitrogens with one attached hydrogen (secondary N) is 2. The predicted octanol–water partition coefficient (Wildman–Crippen LogP) is 2.07. The van der Waals surface area contributed by atoms with Crippen molar-refractivity contribution in [3.63, 3.8) is 0 Å². The lowest BCUT2D eigenvalue weighted by molar-refractivity contribution is 0.169. The van der Waals surface area contributed by atoms with Gasteiger partial charge in [0.1, 0.15) is 12.2 Å². The van der Waals surface area contributed by atoms with Crippen molar-refractivity contribution < 1.29 is 0 Å². The first kappa shape index (κ1) is 21.1. The number of piperidine rings is 1. The normalized spacial score (nSPS) is 18.4. The van der Waals surface area contributed by atoms with Gasteiger partial charge in [0.05, 0.1) is 6.54 Å². The third kappa shape index (κ3) is 6.20. The maximum absolute atomic E-state index is 4.31. The summed E-state index contributed by atoms with van der Waals surface area (Å²) in [5.41, 5.74) is 0. The maximum atomic E-state index is 4.31. The molecule has 9 heteroatoms.